The molecule has 4 aromatic rings. The minimum Gasteiger partial charge on any atom is -0.493 e. The molecule has 37 heavy (non-hydrogen) atoms. The second-order valence-corrected chi connectivity index (χ2v) is 10.3. The number of imidazole rings is 1. The highest BCUT2D eigenvalue weighted by molar-refractivity contribution is 7.89. The zero-order chi connectivity index (χ0) is 26.6. The van der Waals surface area contributed by atoms with Crippen molar-refractivity contribution in [3.63, 3.8) is 0 Å². The molecule has 0 radical (unpaired) electrons. The van der Waals surface area contributed by atoms with E-state index >= 15 is 0 Å². The van der Waals surface area contributed by atoms with Gasteiger partial charge in [0, 0.05) is 20.2 Å². The Morgan fingerprint density at radius 1 is 1.14 bits per heavy atom. The first-order valence-electron chi connectivity index (χ1n) is 12.1. The second-order valence-electron chi connectivity index (χ2n) is 8.37. The number of sulfonamides is 1. The first-order valence-corrected chi connectivity index (χ1v) is 13.5. The van der Waals surface area contributed by atoms with Gasteiger partial charge >= 0.3 is 5.69 Å². The predicted octanol–water partition coefficient (Wildman–Crippen LogP) is 1.26. The van der Waals surface area contributed by atoms with E-state index in [4.69, 9.17) is 9.47 Å². The molecule has 4 rings (SSSR count). The van der Waals surface area contributed by atoms with Crippen molar-refractivity contribution in [2.24, 2.45) is 0 Å². The molecule has 200 valence electrons. The van der Waals surface area contributed by atoms with E-state index in [9.17, 15) is 18.3 Å². The summed E-state index contributed by atoms with van der Waals surface area (Å²) in [5.74, 6) is 0.747. The molecule has 0 aliphatic rings. The van der Waals surface area contributed by atoms with Crippen molar-refractivity contribution in [2.75, 3.05) is 40.0 Å². The van der Waals surface area contributed by atoms with E-state index < -0.39 is 10.0 Å². The van der Waals surface area contributed by atoms with Crippen LogP contribution in [-0.2, 0) is 21.3 Å². The molecule has 0 aliphatic heterocycles. The van der Waals surface area contributed by atoms with Crippen molar-refractivity contribution < 1.29 is 23.0 Å². The number of aromatic nitrogens is 6. The molecule has 0 saturated carbocycles. The Morgan fingerprint density at radius 3 is 2.65 bits per heavy atom. The first-order chi connectivity index (χ1) is 17.9. The van der Waals surface area contributed by atoms with Gasteiger partial charge in [-0.2, -0.15) is 4.31 Å². The van der Waals surface area contributed by atoms with E-state index in [2.05, 4.69) is 20.2 Å². The number of rotatable bonds is 13. The average molecular weight is 534 g/mol. The van der Waals surface area contributed by atoms with E-state index in [1.54, 1.807) is 6.07 Å². The van der Waals surface area contributed by atoms with Crippen molar-refractivity contribution in [1.82, 2.24) is 33.4 Å². The highest BCUT2D eigenvalue weighted by Crippen LogP contribution is 2.33. The third-order valence-electron chi connectivity index (χ3n) is 5.80. The van der Waals surface area contributed by atoms with Gasteiger partial charge in [-0.1, -0.05) is 13.8 Å². The van der Waals surface area contributed by atoms with Crippen molar-refractivity contribution in [1.29, 1.82) is 0 Å². The molecule has 0 bridgehead atoms. The van der Waals surface area contributed by atoms with Gasteiger partial charge in [-0.15, -0.1) is 10.2 Å². The summed E-state index contributed by atoms with van der Waals surface area (Å²) in [4.78, 5) is 21.0. The maximum atomic E-state index is 13.4. The van der Waals surface area contributed by atoms with Crippen LogP contribution in [0.25, 0.3) is 28.2 Å². The summed E-state index contributed by atoms with van der Waals surface area (Å²) < 4.78 is 41.9. The lowest BCUT2D eigenvalue weighted by atomic mass is 10.2. The molecular weight excluding hydrogens is 502 g/mol. The van der Waals surface area contributed by atoms with Crippen LogP contribution in [0.1, 0.15) is 26.7 Å². The number of aromatic amines is 1. The van der Waals surface area contributed by atoms with Gasteiger partial charge in [-0.05, 0) is 31.0 Å². The monoisotopic (exact) mass is 533 g/mol. The molecule has 14 heteroatoms. The first kappa shape index (κ1) is 26.7. The van der Waals surface area contributed by atoms with Crippen LogP contribution < -0.4 is 10.4 Å². The van der Waals surface area contributed by atoms with Gasteiger partial charge < -0.3 is 19.6 Å². The number of benzene rings is 1. The third kappa shape index (κ3) is 5.09. The number of ether oxygens (including phenoxy) is 2. The van der Waals surface area contributed by atoms with Gasteiger partial charge in [-0.25, -0.2) is 22.6 Å². The van der Waals surface area contributed by atoms with E-state index in [-0.39, 0.29) is 43.4 Å². The number of aliphatic hydroxyl groups excluding tert-OH is 1. The Labute approximate surface area is 213 Å². The molecule has 2 N–H and O–H groups in total. The highest BCUT2D eigenvalue weighted by atomic mass is 32.2. The van der Waals surface area contributed by atoms with Crippen LogP contribution in [0, 0.1) is 0 Å². The summed E-state index contributed by atoms with van der Waals surface area (Å²) >= 11 is 0. The molecule has 0 atom stereocenters. The molecule has 3 heterocycles. The topological polar surface area (TPSA) is 157 Å². The Bertz CT molecular complexity index is 1540. The van der Waals surface area contributed by atoms with Crippen LogP contribution >= 0.6 is 0 Å². The van der Waals surface area contributed by atoms with Gasteiger partial charge in [0.1, 0.15) is 23.4 Å². The molecule has 0 spiro atoms. The van der Waals surface area contributed by atoms with Crippen molar-refractivity contribution in [2.45, 2.75) is 38.1 Å². The van der Waals surface area contributed by atoms with E-state index in [0.717, 1.165) is 6.42 Å². The van der Waals surface area contributed by atoms with Gasteiger partial charge in [-0.3, -0.25) is 4.57 Å². The number of H-pyrrole nitrogens is 1. The van der Waals surface area contributed by atoms with Crippen LogP contribution in [0.4, 0.5) is 0 Å². The van der Waals surface area contributed by atoms with Crippen LogP contribution in [0.3, 0.4) is 0 Å². The lowest BCUT2D eigenvalue weighted by molar-refractivity contribution is 0.187. The normalized spacial score (nSPS) is 12.2. The van der Waals surface area contributed by atoms with E-state index in [1.807, 2.05) is 13.8 Å². The molecule has 3 aromatic heterocycles. The van der Waals surface area contributed by atoms with E-state index in [1.165, 1.54) is 38.8 Å². The lowest BCUT2D eigenvalue weighted by Gasteiger charge is -2.21. The predicted molar refractivity (Wildman–Crippen MR) is 136 cm³/mol. The Morgan fingerprint density at radius 2 is 1.95 bits per heavy atom. The Balaban J connectivity index is 1.93. The summed E-state index contributed by atoms with van der Waals surface area (Å²) in [6, 6.07) is 4.58. The minimum absolute atomic E-state index is 0.0130. The number of aliphatic hydroxyl groups is 1. The molecular formula is C23H31N7O6S. The van der Waals surface area contributed by atoms with Crippen molar-refractivity contribution in [3.05, 3.63) is 35.0 Å². The van der Waals surface area contributed by atoms with Crippen molar-refractivity contribution in [3.8, 4) is 17.1 Å². The Hall–Kier alpha value is -3.33. The maximum Gasteiger partial charge on any atom is 0.337 e. The Kier molecular flexibility index (Phi) is 8.22. The summed E-state index contributed by atoms with van der Waals surface area (Å²) in [5, 5.41) is 17.3. The quantitative estimate of drug-likeness (QED) is 0.258. The van der Waals surface area contributed by atoms with Crippen LogP contribution in [-0.4, -0.2) is 87.0 Å². The fourth-order valence-corrected chi connectivity index (χ4v) is 5.60. The van der Waals surface area contributed by atoms with Gasteiger partial charge in [0.15, 0.2) is 11.3 Å². The number of fused-ring (bicyclic) bond motifs is 3. The summed E-state index contributed by atoms with van der Waals surface area (Å²) in [5.41, 5.74) is 1.13. The number of hydrogen-bond donors (Lipinski definition) is 2. The molecule has 13 nitrogen and oxygen atoms in total. The summed E-state index contributed by atoms with van der Waals surface area (Å²) in [6.45, 7) is 4.74. The van der Waals surface area contributed by atoms with Crippen LogP contribution in [0.5, 0.6) is 5.75 Å². The minimum atomic E-state index is -3.90. The lowest BCUT2D eigenvalue weighted by Crippen LogP contribution is -2.34. The van der Waals surface area contributed by atoms with E-state index in [0.29, 0.717) is 47.0 Å². The highest BCUT2D eigenvalue weighted by Gasteiger charge is 2.26. The summed E-state index contributed by atoms with van der Waals surface area (Å²) in [7, 11) is -2.36. The summed E-state index contributed by atoms with van der Waals surface area (Å²) in [6.07, 6.45) is 2.67. The second kappa shape index (κ2) is 11.4. The largest absolute Gasteiger partial charge is 0.493 e. The number of methoxy groups -OCH3 is 1. The smallest absolute Gasteiger partial charge is 0.337 e. The average Bonchev–Trinajstić information content (AvgIpc) is 3.55. The molecule has 0 aliphatic carbocycles. The number of nitrogens with zero attached hydrogens (tertiary/aromatic N) is 6. The van der Waals surface area contributed by atoms with Crippen LogP contribution in [0.15, 0.2) is 34.2 Å². The zero-order valence-corrected chi connectivity index (χ0v) is 21.9. The fourth-order valence-electron chi connectivity index (χ4n) is 4.05. The third-order valence-corrected chi connectivity index (χ3v) is 7.69. The number of hydrogen-bond acceptors (Lipinski definition) is 9. The molecule has 0 amide bonds. The zero-order valence-electron chi connectivity index (χ0n) is 21.0. The van der Waals surface area contributed by atoms with Gasteiger partial charge in [0.05, 0.1) is 36.8 Å². The maximum absolute atomic E-state index is 13.4. The molecule has 1 aromatic carbocycles. The van der Waals surface area contributed by atoms with Crippen LogP contribution in [0.2, 0.25) is 0 Å². The standard InChI is InChI=1S/C23H31N7O6S/c1-4-8-28(9-11-31)37(33,34)16-6-7-18(36-12-5-2)17(14-16)20-25-19-21(26-20)29(10-13-35-3)23(32)30-15-24-27-22(19)30/h6-7,14-15,31H,4-5,8-13H2,1-3H3,(H,25,26). The molecule has 0 fully saturated rings. The van der Waals surface area contributed by atoms with Crippen molar-refractivity contribution >= 4 is 26.8 Å². The number of nitrogens with one attached hydrogen (secondary N) is 1. The SMILES string of the molecule is CCCOc1ccc(S(=O)(=O)N(CCC)CCO)cc1-c1nc2c([nH]1)c1nncn1c(=O)n2CCOC. The van der Waals surface area contributed by atoms with Gasteiger partial charge in [0.25, 0.3) is 0 Å². The fraction of sp³-hybridized carbons (Fsp3) is 0.478. The molecule has 0 unspecified atom stereocenters. The van der Waals surface area contributed by atoms with Gasteiger partial charge in [0.2, 0.25) is 10.0 Å². The molecule has 0 saturated heterocycles.